The van der Waals surface area contributed by atoms with Gasteiger partial charge in [-0.2, -0.15) is 0 Å². The van der Waals surface area contributed by atoms with Gasteiger partial charge in [-0.1, -0.05) is 24.3 Å². The normalized spacial score (nSPS) is 18.8. The van der Waals surface area contributed by atoms with Crippen molar-refractivity contribution in [2.24, 2.45) is 0 Å². The summed E-state index contributed by atoms with van der Waals surface area (Å²) in [6.07, 6.45) is 4.75. The molecule has 2 aliphatic rings. The van der Waals surface area contributed by atoms with Crippen LogP contribution in [-0.4, -0.2) is 50.8 Å². The van der Waals surface area contributed by atoms with E-state index in [1.165, 1.54) is 55.7 Å². The van der Waals surface area contributed by atoms with E-state index >= 15 is 0 Å². The van der Waals surface area contributed by atoms with Crippen LogP contribution in [0.2, 0.25) is 0 Å². The molecule has 1 saturated heterocycles. The van der Waals surface area contributed by atoms with Crippen LogP contribution in [0, 0.1) is 0 Å². The van der Waals surface area contributed by atoms with Crippen LogP contribution < -0.4 is 14.4 Å². The molecule has 0 spiro atoms. The van der Waals surface area contributed by atoms with Gasteiger partial charge >= 0.3 is 0 Å². The summed E-state index contributed by atoms with van der Waals surface area (Å²) in [6, 6.07) is 16.4. The number of piperidine rings is 1. The fraction of sp³-hybridized carbons (Fsp3) is 0.500. The zero-order chi connectivity index (χ0) is 19.5. The van der Waals surface area contributed by atoms with Crippen LogP contribution in [0.1, 0.15) is 30.9 Å². The molecule has 28 heavy (non-hydrogen) atoms. The van der Waals surface area contributed by atoms with Crippen molar-refractivity contribution in [2.45, 2.75) is 44.7 Å². The van der Waals surface area contributed by atoms with Gasteiger partial charge in [-0.3, -0.25) is 0 Å². The molecule has 0 aliphatic carbocycles. The van der Waals surface area contributed by atoms with Crippen molar-refractivity contribution in [2.75, 3.05) is 38.8 Å². The quantitative estimate of drug-likeness (QED) is 0.751. The third kappa shape index (κ3) is 3.83. The molecule has 0 aromatic heterocycles. The maximum Gasteiger partial charge on any atom is 0.160 e. The Kier molecular flexibility index (Phi) is 5.77. The maximum atomic E-state index is 5.46. The second-order valence-corrected chi connectivity index (χ2v) is 8.08. The Labute approximate surface area is 169 Å². The van der Waals surface area contributed by atoms with Gasteiger partial charge in [-0.05, 0) is 61.9 Å². The average Bonchev–Trinajstić information content (AvgIpc) is 3.18. The molecule has 1 atom stereocenters. The minimum absolute atomic E-state index is 0.532. The highest BCUT2D eigenvalue weighted by atomic mass is 16.5. The van der Waals surface area contributed by atoms with E-state index in [4.69, 9.17) is 9.47 Å². The summed E-state index contributed by atoms with van der Waals surface area (Å²) in [7, 11) is 3.38. The van der Waals surface area contributed by atoms with Crippen LogP contribution in [0.5, 0.6) is 11.5 Å². The van der Waals surface area contributed by atoms with Gasteiger partial charge in [0.15, 0.2) is 11.5 Å². The van der Waals surface area contributed by atoms with Crippen molar-refractivity contribution < 1.29 is 9.47 Å². The van der Waals surface area contributed by atoms with Crippen molar-refractivity contribution in [3.05, 3.63) is 53.6 Å². The van der Waals surface area contributed by atoms with Crippen LogP contribution in [0.3, 0.4) is 0 Å². The minimum atomic E-state index is 0.532. The Morgan fingerprint density at radius 1 is 0.964 bits per heavy atom. The largest absolute Gasteiger partial charge is 0.493 e. The lowest BCUT2D eigenvalue weighted by molar-refractivity contribution is 0.159. The highest BCUT2D eigenvalue weighted by Crippen LogP contribution is 2.33. The van der Waals surface area contributed by atoms with Crippen molar-refractivity contribution in [3.63, 3.8) is 0 Å². The molecule has 4 heteroatoms. The summed E-state index contributed by atoms with van der Waals surface area (Å²) in [4.78, 5) is 5.31. The van der Waals surface area contributed by atoms with Gasteiger partial charge in [-0.15, -0.1) is 0 Å². The molecule has 0 amide bonds. The summed E-state index contributed by atoms with van der Waals surface area (Å²) >= 11 is 0. The topological polar surface area (TPSA) is 24.9 Å². The molecule has 150 valence electrons. The van der Waals surface area contributed by atoms with Gasteiger partial charge in [0, 0.05) is 37.4 Å². The van der Waals surface area contributed by atoms with Crippen molar-refractivity contribution >= 4 is 5.69 Å². The second kappa shape index (κ2) is 8.44. The van der Waals surface area contributed by atoms with Gasteiger partial charge in [0.1, 0.15) is 0 Å². The third-order valence-electron chi connectivity index (χ3n) is 6.47. The molecule has 0 bridgehead atoms. The average molecular weight is 381 g/mol. The number of hydrogen-bond donors (Lipinski definition) is 0. The molecule has 2 aromatic carbocycles. The fourth-order valence-electron chi connectivity index (χ4n) is 4.86. The van der Waals surface area contributed by atoms with E-state index in [9.17, 15) is 0 Å². The number of rotatable bonds is 6. The molecular formula is C24H32N2O2. The number of benzene rings is 2. The molecule has 1 fully saturated rings. The predicted molar refractivity (Wildman–Crippen MR) is 115 cm³/mol. The van der Waals surface area contributed by atoms with E-state index in [1.807, 2.05) is 6.07 Å². The summed E-state index contributed by atoms with van der Waals surface area (Å²) in [5.41, 5.74) is 4.30. The summed E-state index contributed by atoms with van der Waals surface area (Å²) in [5.74, 6) is 1.62. The lowest BCUT2D eigenvalue weighted by Crippen LogP contribution is -2.47. The molecule has 2 aliphatic heterocycles. The lowest BCUT2D eigenvalue weighted by atomic mass is 9.99. The van der Waals surface area contributed by atoms with E-state index < -0.39 is 0 Å². The molecule has 2 heterocycles. The van der Waals surface area contributed by atoms with E-state index in [0.717, 1.165) is 17.9 Å². The number of methoxy groups -OCH3 is 2. The zero-order valence-electron chi connectivity index (χ0n) is 17.4. The first kappa shape index (κ1) is 19.1. The highest BCUT2D eigenvalue weighted by molar-refractivity contribution is 5.58. The first-order chi connectivity index (χ1) is 13.7. The standard InChI is InChI=1S/C24H32N2O2/c1-18(16-19-8-9-23(27-2)24(17-19)28-3)25-13-11-21(12-14-25)26-15-10-20-6-4-5-7-22(20)26/h4-9,17-18,21H,10-16H2,1-3H3. The van der Waals surface area contributed by atoms with Gasteiger partial charge in [-0.25, -0.2) is 0 Å². The van der Waals surface area contributed by atoms with Crippen molar-refractivity contribution in [1.29, 1.82) is 0 Å². The molecule has 1 unspecified atom stereocenters. The molecular weight excluding hydrogens is 348 g/mol. The molecule has 2 aromatic rings. The van der Waals surface area contributed by atoms with E-state index in [1.54, 1.807) is 14.2 Å². The second-order valence-electron chi connectivity index (χ2n) is 8.08. The number of ether oxygens (including phenoxy) is 2. The Balaban J connectivity index is 1.34. The number of hydrogen-bond acceptors (Lipinski definition) is 4. The minimum Gasteiger partial charge on any atom is -0.493 e. The van der Waals surface area contributed by atoms with E-state index in [-0.39, 0.29) is 0 Å². The Bertz CT molecular complexity index is 799. The van der Waals surface area contributed by atoms with Crippen molar-refractivity contribution in [1.82, 2.24) is 4.90 Å². The van der Waals surface area contributed by atoms with Crippen LogP contribution >= 0.6 is 0 Å². The monoisotopic (exact) mass is 380 g/mol. The van der Waals surface area contributed by atoms with Crippen LogP contribution in [0.15, 0.2) is 42.5 Å². The molecule has 0 radical (unpaired) electrons. The van der Waals surface area contributed by atoms with Gasteiger partial charge in [0.2, 0.25) is 0 Å². The maximum absolute atomic E-state index is 5.46. The Morgan fingerprint density at radius 3 is 2.46 bits per heavy atom. The highest BCUT2D eigenvalue weighted by Gasteiger charge is 2.30. The first-order valence-corrected chi connectivity index (χ1v) is 10.5. The summed E-state index contributed by atoms with van der Waals surface area (Å²) in [6.45, 7) is 5.89. The lowest BCUT2D eigenvalue weighted by Gasteiger charge is -2.40. The third-order valence-corrected chi connectivity index (χ3v) is 6.47. The number of anilines is 1. The molecule has 0 N–H and O–H groups in total. The van der Waals surface area contributed by atoms with E-state index in [0.29, 0.717) is 12.1 Å². The first-order valence-electron chi connectivity index (χ1n) is 10.5. The SMILES string of the molecule is COc1ccc(CC(C)N2CCC(N3CCc4ccccc43)CC2)cc1OC. The molecule has 4 nitrogen and oxygen atoms in total. The summed E-state index contributed by atoms with van der Waals surface area (Å²) < 4.78 is 10.8. The number of para-hydroxylation sites is 1. The number of nitrogens with zero attached hydrogens (tertiary/aromatic N) is 2. The van der Waals surface area contributed by atoms with Crippen LogP contribution in [-0.2, 0) is 12.8 Å². The van der Waals surface area contributed by atoms with Crippen LogP contribution in [0.25, 0.3) is 0 Å². The fourth-order valence-corrected chi connectivity index (χ4v) is 4.86. The number of likely N-dealkylation sites (tertiary alicyclic amines) is 1. The zero-order valence-corrected chi connectivity index (χ0v) is 17.4. The Hall–Kier alpha value is -2.20. The predicted octanol–water partition coefficient (Wildman–Crippen LogP) is 4.16. The molecule has 0 saturated carbocycles. The smallest absolute Gasteiger partial charge is 0.160 e. The molecule has 4 rings (SSSR count). The van der Waals surface area contributed by atoms with Gasteiger partial charge in [0.25, 0.3) is 0 Å². The van der Waals surface area contributed by atoms with Gasteiger partial charge in [0.05, 0.1) is 14.2 Å². The number of fused-ring (bicyclic) bond motifs is 1. The van der Waals surface area contributed by atoms with Crippen molar-refractivity contribution in [3.8, 4) is 11.5 Å². The van der Waals surface area contributed by atoms with E-state index in [2.05, 4.69) is 53.1 Å². The summed E-state index contributed by atoms with van der Waals surface area (Å²) in [5, 5.41) is 0. The van der Waals surface area contributed by atoms with Gasteiger partial charge < -0.3 is 19.3 Å². The Morgan fingerprint density at radius 2 is 1.71 bits per heavy atom. The van der Waals surface area contributed by atoms with Crippen LogP contribution in [0.4, 0.5) is 5.69 Å².